The zero-order valence-corrected chi connectivity index (χ0v) is 14.2. The Balaban J connectivity index is 1.76. The Morgan fingerprint density at radius 2 is 1.86 bits per heavy atom. The van der Waals surface area contributed by atoms with E-state index in [2.05, 4.69) is 50.2 Å². The predicted octanol–water partition coefficient (Wildman–Crippen LogP) is 4.04. The van der Waals surface area contributed by atoms with E-state index < -0.39 is 0 Å². The number of nitrogens with one attached hydrogen (secondary N) is 1. The summed E-state index contributed by atoms with van der Waals surface area (Å²) >= 11 is 0. The van der Waals surface area contributed by atoms with E-state index in [9.17, 15) is 0 Å². The molecule has 1 aliphatic rings. The molecule has 3 nitrogen and oxygen atoms in total. The second-order valence-electron chi connectivity index (χ2n) is 7.22. The highest BCUT2D eigenvalue weighted by Crippen LogP contribution is 2.27. The minimum atomic E-state index is 0.680. The van der Waals surface area contributed by atoms with Crippen LogP contribution in [-0.4, -0.2) is 24.5 Å². The SMILES string of the molecule is CC(C)CNCc1ccc(CN(C)C2CCC(C)CC2)o1. The summed E-state index contributed by atoms with van der Waals surface area (Å²) in [5, 5.41) is 3.43. The minimum Gasteiger partial charge on any atom is -0.463 e. The van der Waals surface area contributed by atoms with Gasteiger partial charge in [-0.05, 0) is 63.2 Å². The van der Waals surface area contributed by atoms with Gasteiger partial charge in [0.15, 0.2) is 0 Å². The smallest absolute Gasteiger partial charge is 0.118 e. The van der Waals surface area contributed by atoms with Gasteiger partial charge in [-0.2, -0.15) is 0 Å². The van der Waals surface area contributed by atoms with Crippen LogP contribution in [0.25, 0.3) is 0 Å². The molecule has 0 unspecified atom stereocenters. The number of nitrogens with zero attached hydrogens (tertiary/aromatic N) is 1. The van der Waals surface area contributed by atoms with Crippen LogP contribution in [0.4, 0.5) is 0 Å². The lowest BCUT2D eigenvalue weighted by Crippen LogP contribution is -2.34. The van der Waals surface area contributed by atoms with Crippen molar-refractivity contribution < 1.29 is 4.42 Å². The molecule has 0 spiro atoms. The summed E-state index contributed by atoms with van der Waals surface area (Å²) in [6.07, 6.45) is 5.41. The molecular weight excluding hydrogens is 260 g/mol. The fraction of sp³-hybridized carbons (Fsp3) is 0.778. The van der Waals surface area contributed by atoms with Gasteiger partial charge in [-0.25, -0.2) is 0 Å². The normalized spacial score (nSPS) is 23.1. The lowest BCUT2D eigenvalue weighted by Gasteiger charge is -2.33. The second kappa shape index (κ2) is 8.00. The Kier molecular flexibility index (Phi) is 6.31. The maximum atomic E-state index is 5.94. The van der Waals surface area contributed by atoms with Crippen molar-refractivity contribution in [3.8, 4) is 0 Å². The van der Waals surface area contributed by atoms with Gasteiger partial charge in [0.25, 0.3) is 0 Å². The van der Waals surface area contributed by atoms with E-state index in [-0.39, 0.29) is 0 Å². The average Bonchev–Trinajstić information content (AvgIpc) is 2.86. The van der Waals surface area contributed by atoms with E-state index in [4.69, 9.17) is 4.42 Å². The lowest BCUT2D eigenvalue weighted by molar-refractivity contribution is 0.154. The van der Waals surface area contributed by atoms with Crippen LogP contribution in [0, 0.1) is 11.8 Å². The molecule has 0 atom stereocenters. The molecule has 0 amide bonds. The highest BCUT2D eigenvalue weighted by atomic mass is 16.3. The van der Waals surface area contributed by atoms with Crippen LogP contribution in [0.5, 0.6) is 0 Å². The molecule has 1 fully saturated rings. The molecule has 0 radical (unpaired) electrons. The Labute approximate surface area is 130 Å². The van der Waals surface area contributed by atoms with Gasteiger partial charge in [-0.1, -0.05) is 20.8 Å². The Morgan fingerprint density at radius 1 is 1.19 bits per heavy atom. The Hall–Kier alpha value is -0.800. The Morgan fingerprint density at radius 3 is 2.52 bits per heavy atom. The fourth-order valence-corrected chi connectivity index (χ4v) is 3.14. The van der Waals surface area contributed by atoms with Gasteiger partial charge < -0.3 is 9.73 Å². The molecular formula is C18H32N2O. The van der Waals surface area contributed by atoms with Gasteiger partial charge in [0.05, 0.1) is 13.1 Å². The summed E-state index contributed by atoms with van der Waals surface area (Å²) < 4.78 is 5.94. The van der Waals surface area contributed by atoms with Crippen molar-refractivity contribution in [3.63, 3.8) is 0 Å². The van der Waals surface area contributed by atoms with Crippen LogP contribution in [0.2, 0.25) is 0 Å². The molecule has 0 saturated heterocycles. The zero-order valence-electron chi connectivity index (χ0n) is 14.2. The van der Waals surface area contributed by atoms with Crippen LogP contribution in [0.15, 0.2) is 16.5 Å². The molecule has 120 valence electrons. The van der Waals surface area contributed by atoms with Crippen molar-refractivity contribution >= 4 is 0 Å². The number of hydrogen-bond donors (Lipinski definition) is 1. The highest BCUT2D eigenvalue weighted by molar-refractivity contribution is 5.07. The van der Waals surface area contributed by atoms with Gasteiger partial charge in [0.2, 0.25) is 0 Å². The predicted molar refractivity (Wildman–Crippen MR) is 88.1 cm³/mol. The lowest BCUT2D eigenvalue weighted by atomic mass is 9.87. The summed E-state index contributed by atoms with van der Waals surface area (Å²) in [5.74, 6) is 3.74. The van der Waals surface area contributed by atoms with Gasteiger partial charge in [0.1, 0.15) is 11.5 Å². The quantitative estimate of drug-likeness (QED) is 0.822. The molecule has 1 saturated carbocycles. The van der Waals surface area contributed by atoms with E-state index in [1.807, 2.05) is 0 Å². The molecule has 0 aliphatic heterocycles. The topological polar surface area (TPSA) is 28.4 Å². The molecule has 3 heteroatoms. The Bertz CT molecular complexity index is 405. The van der Waals surface area contributed by atoms with Crippen molar-refractivity contribution in [1.82, 2.24) is 10.2 Å². The molecule has 2 rings (SSSR count). The van der Waals surface area contributed by atoms with E-state index in [0.717, 1.165) is 43.1 Å². The standard InChI is InChI=1S/C18H32N2O/c1-14(2)11-19-12-17-9-10-18(21-17)13-20(4)16-7-5-15(3)6-8-16/h9-10,14-16,19H,5-8,11-13H2,1-4H3. The van der Waals surface area contributed by atoms with E-state index in [0.29, 0.717) is 5.92 Å². The molecule has 0 aromatic carbocycles. The van der Waals surface area contributed by atoms with Crippen molar-refractivity contribution in [3.05, 3.63) is 23.7 Å². The fourth-order valence-electron chi connectivity index (χ4n) is 3.14. The summed E-state index contributed by atoms with van der Waals surface area (Å²) in [5.41, 5.74) is 0. The largest absolute Gasteiger partial charge is 0.463 e. The monoisotopic (exact) mass is 292 g/mol. The first kappa shape index (κ1) is 16.6. The number of hydrogen-bond acceptors (Lipinski definition) is 3. The summed E-state index contributed by atoms with van der Waals surface area (Å²) in [7, 11) is 2.24. The first-order valence-corrected chi connectivity index (χ1v) is 8.53. The van der Waals surface area contributed by atoms with Crippen molar-refractivity contribution in [2.24, 2.45) is 11.8 Å². The molecule has 1 aromatic heterocycles. The van der Waals surface area contributed by atoms with Crippen LogP contribution in [0.1, 0.15) is 58.0 Å². The van der Waals surface area contributed by atoms with Gasteiger partial charge >= 0.3 is 0 Å². The van der Waals surface area contributed by atoms with Gasteiger partial charge in [0, 0.05) is 6.04 Å². The first-order chi connectivity index (χ1) is 10.0. The first-order valence-electron chi connectivity index (χ1n) is 8.53. The van der Waals surface area contributed by atoms with E-state index >= 15 is 0 Å². The van der Waals surface area contributed by atoms with Crippen LogP contribution in [0.3, 0.4) is 0 Å². The van der Waals surface area contributed by atoms with Gasteiger partial charge in [-0.3, -0.25) is 4.90 Å². The molecule has 1 aromatic rings. The molecule has 0 bridgehead atoms. The van der Waals surface area contributed by atoms with Crippen molar-refractivity contribution in [2.45, 2.75) is 65.6 Å². The average molecular weight is 292 g/mol. The zero-order chi connectivity index (χ0) is 15.2. The van der Waals surface area contributed by atoms with Crippen molar-refractivity contribution in [2.75, 3.05) is 13.6 Å². The molecule has 1 heterocycles. The highest BCUT2D eigenvalue weighted by Gasteiger charge is 2.22. The summed E-state index contributed by atoms with van der Waals surface area (Å²) in [4.78, 5) is 2.47. The second-order valence-corrected chi connectivity index (χ2v) is 7.22. The van der Waals surface area contributed by atoms with Gasteiger partial charge in [-0.15, -0.1) is 0 Å². The molecule has 1 aliphatic carbocycles. The van der Waals surface area contributed by atoms with Crippen LogP contribution < -0.4 is 5.32 Å². The number of rotatable bonds is 7. The maximum absolute atomic E-state index is 5.94. The van der Waals surface area contributed by atoms with Crippen molar-refractivity contribution in [1.29, 1.82) is 0 Å². The van der Waals surface area contributed by atoms with E-state index in [1.165, 1.54) is 25.7 Å². The van der Waals surface area contributed by atoms with E-state index in [1.54, 1.807) is 0 Å². The molecule has 1 N–H and O–H groups in total. The summed E-state index contributed by atoms with van der Waals surface area (Å²) in [6, 6.07) is 4.97. The maximum Gasteiger partial charge on any atom is 0.118 e. The molecule has 21 heavy (non-hydrogen) atoms. The van der Waals surface area contributed by atoms with Crippen LogP contribution in [-0.2, 0) is 13.1 Å². The summed E-state index contributed by atoms with van der Waals surface area (Å²) in [6.45, 7) is 9.63. The minimum absolute atomic E-state index is 0.680. The number of furan rings is 1. The third-order valence-electron chi connectivity index (χ3n) is 4.58. The van der Waals surface area contributed by atoms with Crippen LogP contribution >= 0.6 is 0 Å². The third kappa shape index (κ3) is 5.48. The third-order valence-corrected chi connectivity index (χ3v) is 4.58.